The molecule has 0 fully saturated rings. The number of methoxy groups -OCH3 is 1. The minimum atomic E-state index is 0.805. The van der Waals surface area contributed by atoms with Crippen molar-refractivity contribution in [2.45, 2.75) is 0 Å². The third-order valence-corrected chi connectivity index (χ3v) is 6.30. The van der Waals surface area contributed by atoms with Crippen LogP contribution in [0.5, 0.6) is 5.75 Å². The van der Waals surface area contributed by atoms with Crippen LogP contribution in [0.3, 0.4) is 0 Å². The number of thiophene rings is 1. The molecule has 0 aliphatic carbocycles. The van der Waals surface area contributed by atoms with Gasteiger partial charge in [-0.05, 0) is 40.8 Å². The summed E-state index contributed by atoms with van der Waals surface area (Å²) >= 11 is 8.38. The topological polar surface area (TPSA) is 9.23 Å². The highest BCUT2D eigenvalue weighted by molar-refractivity contribution is 7.26. The van der Waals surface area contributed by atoms with Crippen LogP contribution in [0.25, 0.3) is 42.1 Å². The van der Waals surface area contributed by atoms with Gasteiger partial charge in [-0.15, -0.1) is 11.3 Å². The first-order chi connectivity index (χ1) is 12.8. The molecule has 1 aromatic heterocycles. The normalized spacial score (nSPS) is 11.5. The molecule has 5 rings (SSSR count). The Balaban J connectivity index is 1.95. The summed E-state index contributed by atoms with van der Waals surface area (Å²) in [5.74, 6) is 0.893. The number of halogens is 1. The van der Waals surface area contributed by atoms with E-state index in [9.17, 15) is 0 Å². The first-order valence-electron chi connectivity index (χ1n) is 8.44. The number of rotatable bonds is 2. The average Bonchev–Trinajstić information content (AvgIpc) is 3.07. The molecule has 0 aliphatic rings. The Bertz CT molecular complexity index is 1290. The Hall–Kier alpha value is -2.55. The molecule has 0 saturated carbocycles. The lowest BCUT2D eigenvalue weighted by Gasteiger charge is -2.12. The zero-order valence-corrected chi connectivity index (χ0v) is 15.7. The lowest BCUT2D eigenvalue weighted by Crippen LogP contribution is -1.88. The summed E-state index contributed by atoms with van der Waals surface area (Å²) in [5, 5.41) is 5.48. The maximum atomic E-state index is 6.59. The molecule has 0 unspecified atom stereocenters. The third kappa shape index (κ3) is 2.23. The molecule has 0 bridgehead atoms. The molecule has 0 saturated heterocycles. The van der Waals surface area contributed by atoms with Crippen LogP contribution in [0, 0.1) is 0 Å². The van der Waals surface area contributed by atoms with E-state index >= 15 is 0 Å². The number of benzene rings is 4. The summed E-state index contributed by atoms with van der Waals surface area (Å²) in [6, 6.07) is 25.2. The molecular weight excluding hydrogens is 360 g/mol. The van der Waals surface area contributed by atoms with Crippen molar-refractivity contribution in [3.8, 4) is 16.9 Å². The number of hydrogen-bond acceptors (Lipinski definition) is 2. The molecule has 4 aromatic carbocycles. The Morgan fingerprint density at radius 3 is 2.23 bits per heavy atom. The van der Waals surface area contributed by atoms with Crippen molar-refractivity contribution in [3.05, 3.63) is 77.8 Å². The maximum absolute atomic E-state index is 6.59. The molecule has 0 aliphatic heterocycles. The van der Waals surface area contributed by atoms with E-state index in [1.807, 2.05) is 24.3 Å². The molecule has 0 amide bonds. The van der Waals surface area contributed by atoms with Gasteiger partial charge in [-0.25, -0.2) is 0 Å². The number of ether oxygens (including phenoxy) is 1. The lowest BCUT2D eigenvalue weighted by atomic mass is 9.94. The Morgan fingerprint density at radius 2 is 1.42 bits per heavy atom. The fourth-order valence-corrected chi connectivity index (χ4v) is 5.22. The van der Waals surface area contributed by atoms with Gasteiger partial charge in [0.1, 0.15) is 5.75 Å². The van der Waals surface area contributed by atoms with Crippen molar-refractivity contribution < 1.29 is 4.74 Å². The van der Waals surface area contributed by atoms with E-state index in [4.69, 9.17) is 16.3 Å². The van der Waals surface area contributed by atoms with Crippen molar-refractivity contribution in [3.63, 3.8) is 0 Å². The summed E-state index contributed by atoms with van der Waals surface area (Å²) in [6.45, 7) is 0. The van der Waals surface area contributed by atoms with Crippen LogP contribution in [0.4, 0.5) is 0 Å². The predicted octanol–water partition coefficient (Wildman–Crippen LogP) is 7.54. The Morgan fingerprint density at radius 1 is 0.692 bits per heavy atom. The highest BCUT2D eigenvalue weighted by Crippen LogP contribution is 2.44. The maximum Gasteiger partial charge on any atom is 0.126 e. The SMILES string of the molecule is COc1ccc(-c2cccc3sc4cccc(Cl)c4c23)c2ccccc12. The van der Waals surface area contributed by atoms with E-state index in [0.717, 1.165) is 21.5 Å². The van der Waals surface area contributed by atoms with Crippen molar-refractivity contribution in [1.82, 2.24) is 0 Å². The van der Waals surface area contributed by atoms with Gasteiger partial charge in [-0.1, -0.05) is 60.1 Å². The molecule has 0 N–H and O–H groups in total. The first-order valence-corrected chi connectivity index (χ1v) is 9.63. The van der Waals surface area contributed by atoms with Crippen molar-refractivity contribution >= 4 is 53.9 Å². The fourth-order valence-electron chi connectivity index (χ4n) is 3.73. The van der Waals surface area contributed by atoms with Crippen LogP contribution in [-0.2, 0) is 0 Å². The molecule has 126 valence electrons. The van der Waals surface area contributed by atoms with Crippen LogP contribution < -0.4 is 4.74 Å². The molecule has 0 spiro atoms. The molecule has 1 heterocycles. The smallest absolute Gasteiger partial charge is 0.126 e. The summed E-state index contributed by atoms with van der Waals surface area (Å²) < 4.78 is 8.04. The Kier molecular flexibility index (Phi) is 3.63. The van der Waals surface area contributed by atoms with Gasteiger partial charge in [0.15, 0.2) is 0 Å². The van der Waals surface area contributed by atoms with E-state index in [-0.39, 0.29) is 0 Å². The van der Waals surface area contributed by atoms with Gasteiger partial charge >= 0.3 is 0 Å². The lowest BCUT2D eigenvalue weighted by molar-refractivity contribution is 0.420. The molecule has 0 atom stereocenters. The summed E-state index contributed by atoms with van der Waals surface area (Å²) in [6.07, 6.45) is 0. The second-order valence-corrected chi connectivity index (χ2v) is 7.75. The highest BCUT2D eigenvalue weighted by atomic mass is 35.5. The number of fused-ring (bicyclic) bond motifs is 4. The molecule has 0 radical (unpaired) electrons. The molecule has 1 nitrogen and oxygen atoms in total. The molecule has 26 heavy (non-hydrogen) atoms. The largest absolute Gasteiger partial charge is 0.496 e. The van der Waals surface area contributed by atoms with Crippen molar-refractivity contribution in [2.24, 2.45) is 0 Å². The van der Waals surface area contributed by atoms with Crippen LogP contribution in [0.1, 0.15) is 0 Å². The summed E-state index contributed by atoms with van der Waals surface area (Å²) in [4.78, 5) is 0. The van der Waals surface area contributed by atoms with Gasteiger partial charge in [-0.2, -0.15) is 0 Å². The zero-order valence-electron chi connectivity index (χ0n) is 14.1. The van der Waals surface area contributed by atoms with Gasteiger partial charge in [-0.3, -0.25) is 0 Å². The highest BCUT2D eigenvalue weighted by Gasteiger charge is 2.15. The Labute approximate surface area is 160 Å². The standard InChI is InChI=1S/C23H15ClOS/c1-25-19-13-12-15(14-6-2-3-7-16(14)19)17-8-4-10-20-22(17)23-18(24)9-5-11-21(23)26-20/h2-13H,1H3. The molecule has 3 heteroatoms. The van der Waals surface area contributed by atoms with E-state index in [1.165, 1.54) is 31.3 Å². The summed E-state index contributed by atoms with van der Waals surface area (Å²) in [7, 11) is 1.72. The van der Waals surface area contributed by atoms with Gasteiger partial charge < -0.3 is 4.74 Å². The molecular formula is C23H15ClOS. The van der Waals surface area contributed by atoms with Gasteiger partial charge in [0, 0.05) is 30.6 Å². The van der Waals surface area contributed by atoms with Gasteiger partial charge in [0.05, 0.1) is 7.11 Å². The van der Waals surface area contributed by atoms with Gasteiger partial charge in [0.25, 0.3) is 0 Å². The average molecular weight is 375 g/mol. The second-order valence-electron chi connectivity index (χ2n) is 6.25. The molecule has 5 aromatic rings. The summed E-state index contributed by atoms with van der Waals surface area (Å²) in [5.41, 5.74) is 2.41. The number of hydrogen-bond donors (Lipinski definition) is 0. The van der Waals surface area contributed by atoms with Crippen molar-refractivity contribution in [1.29, 1.82) is 0 Å². The minimum absolute atomic E-state index is 0.805. The van der Waals surface area contributed by atoms with Crippen LogP contribution in [-0.4, -0.2) is 7.11 Å². The van der Waals surface area contributed by atoms with E-state index in [1.54, 1.807) is 18.4 Å². The fraction of sp³-hybridized carbons (Fsp3) is 0.0435. The second kappa shape index (κ2) is 6.01. The minimum Gasteiger partial charge on any atom is -0.496 e. The van der Waals surface area contributed by atoms with Crippen LogP contribution in [0.2, 0.25) is 5.02 Å². The van der Waals surface area contributed by atoms with E-state index < -0.39 is 0 Å². The quantitative estimate of drug-likeness (QED) is 0.310. The first kappa shape index (κ1) is 15.7. The predicted molar refractivity (Wildman–Crippen MR) is 114 cm³/mol. The van der Waals surface area contributed by atoms with Crippen LogP contribution >= 0.6 is 22.9 Å². The van der Waals surface area contributed by atoms with Gasteiger partial charge in [0.2, 0.25) is 0 Å². The van der Waals surface area contributed by atoms with Crippen molar-refractivity contribution in [2.75, 3.05) is 7.11 Å². The van der Waals surface area contributed by atoms with E-state index in [2.05, 4.69) is 48.5 Å². The third-order valence-electron chi connectivity index (χ3n) is 4.87. The zero-order chi connectivity index (χ0) is 17.7. The van der Waals surface area contributed by atoms with Crippen LogP contribution in [0.15, 0.2) is 72.8 Å². The van der Waals surface area contributed by atoms with E-state index in [0.29, 0.717) is 0 Å². The monoisotopic (exact) mass is 374 g/mol.